The van der Waals surface area contributed by atoms with E-state index in [2.05, 4.69) is 55.8 Å². The highest BCUT2D eigenvalue weighted by molar-refractivity contribution is 5.63. The number of aliphatic hydroxyl groups is 1. The van der Waals surface area contributed by atoms with Gasteiger partial charge in [-0.25, -0.2) is 0 Å². The second-order valence-electron chi connectivity index (χ2n) is 7.66. The second-order valence-corrected chi connectivity index (χ2v) is 7.66. The van der Waals surface area contributed by atoms with Crippen molar-refractivity contribution in [3.05, 3.63) is 90.5 Å². The van der Waals surface area contributed by atoms with Gasteiger partial charge in [-0.3, -0.25) is 0 Å². The van der Waals surface area contributed by atoms with E-state index in [-0.39, 0.29) is 0 Å². The van der Waals surface area contributed by atoms with Gasteiger partial charge in [0.1, 0.15) is 31.5 Å². The van der Waals surface area contributed by atoms with Crippen LogP contribution in [-0.4, -0.2) is 45.0 Å². The van der Waals surface area contributed by atoms with E-state index in [4.69, 9.17) is 4.74 Å². The summed E-state index contributed by atoms with van der Waals surface area (Å²) in [6, 6.07) is 29.2. The molecule has 0 bridgehead atoms. The van der Waals surface area contributed by atoms with E-state index in [0.29, 0.717) is 19.2 Å². The SMILES string of the molecule is C[NH+](C)[C@H](C[NH2+]C[C@H](O)COc1ccc(-c2ccccc2)cc1)c1ccccc1. The van der Waals surface area contributed by atoms with Gasteiger partial charge in [-0.15, -0.1) is 0 Å². The number of nitrogens with two attached hydrogens (primary N) is 1. The van der Waals surface area contributed by atoms with Crippen molar-refractivity contribution in [2.24, 2.45) is 0 Å². The number of ether oxygens (including phenoxy) is 1. The summed E-state index contributed by atoms with van der Waals surface area (Å²) in [4.78, 5) is 1.39. The van der Waals surface area contributed by atoms with Crippen LogP contribution in [0.25, 0.3) is 11.1 Å². The topological polar surface area (TPSA) is 50.5 Å². The van der Waals surface area contributed by atoms with Gasteiger partial charge in [0.2, 0.25) is 0 Å². The molecule has 0 aromatic heterocycles. The fraction of sp³-hybridized carbons (Fsp3) is 0.280. The molecule has 4 N–H and O–H groups in total. The lowest BCUT2D eigenvalue weighted by Crippen LogP contribution is -3.09. The Morgan fingerprint density at radius 2 is 1.38 bits per heavy atom. The van der Waals surface area contributed by atoms with Gasteiger partial charge < -0.3 is 20.1 Å². The molecule has 0 heterocycles. The number of hydrogen-bond acceptors (Lipinski definition) is 2. The maximum atomic E-state index is 10.3. The third-order valence-corrected chi connectivity index (χ3v) is 5.14. The summed E-state index contributed by atoms with van der Waals surface area (Å²) >= 11 is 0. The number of benzene rings is 3. The first kappa shape index (κ1) is 21.1. The molecule has 4 nitrogen and oxygen atoms in total. The normalized spacial score (nSPS) is 13.2. The molecule has 0 spiro atoms. The Morgan fingerprint density at radius 1 is 0.793 bits per heavy atom. The molecule has 0 aliphatic carbocycles. The van der Waals surface area contributed by atoms with Crippen LogP contribution in [0.5, 0.6) is 5.75 Å². The van der Waals surface area contributed by atoms with Crippen LogP contribution in [0.2, 0.25) is 0 Å². The summed E-state index contributed by atoms with van der Waals surface area (Å²) in [6.07, 6.45) is -0.502. The summed E-state index contributed by atoms with van der Waals surface area (Å²) in [5.74, 6) is 0.781. The van der Waals surface area contributed by atoms with E-state index < -0.39 is 6.10 Å². The Labute approximate surface area is 173 Å². The van der Waals surface area contributed by atoms with Gasteiger partial charge in [0.15, 0.2) is 6.04 Å². The fourth-order valence-electron chi connectivity index (χ4n) is 3.48. The molecule has 0 saturated carbocycles. The molecule has 4 heteroatoms. The van der Waals surface area contributed by atoms with Crippen LogP contribution in [0.1, 0.15) is 11.6 Å². The molecular formula is C25H32N2O2+2. The van der Waals surface area contributed by atoms with Gasteiger partial charge in [0.05, 0.1) is 14.1 Å². The Bertz CT molecular complexity index is 836. The molecular weight excluding hydrogens is 360 g/mol. The maximum absolute atomic E-state index is 10.3. The Hall–Kier alpha value is -2.66. The van der Waals surface area contributed by atoms with E-state index in [1.54, 1.807) is 0 Å². The first-order chi connectivity index (χ1) is 14.1. The zero-order valence-electron chi connectivity index (χ0n) is 17.3. The summed E-state index contributed by atoms with van der Waals surface area (Å²) in [7, 11) is 4.34. The largest absolute Gasteiger partial charge is 0.491 e. The van der Waals surface area contributed by atoms with Crippen LogP contribution in [0.3, 0.4) is 0 Å². The molecule has 0 fully saturated rings. The molecule has 0 amide bonds. The maximum Gasteiger partial charge on any atom is 0.162 e. The van der Waals surface area contributed by atoms with Gasteiger partial charge in [0, 0.05) is 5.56 Å². The minimum Gasteiger partial charge on any atom is -0.491 e. The highest BCUT2D eigenvalue weighted by Crippen LogP contribution is 2.22. The molecule has 2 atom stereocenters. The monoisotopic (exact) mass is 392 g/mol. The zero-order valence-corrected chi connectivity index (χ0v) is 17.3. The minimum atomic E-state index is -0.502. The lowest BCUT2D eigenvalue weighted by atomic mass is 10.1. The predicted octanol–water partition coefficient (Wildman–Crippen LogP) is 1.54. The van der Waals surface area contributed by atoms with Crippen LogP contribution in [0, 0.1) is 0 Å². The lowest BCUT2D eigenvalue weighted by Gasteiger charge is -2.21. The molecule has 152 valence electrons. The van der Waals surface area contributed by atoms with Crippen LogP contribution in [-0.2, 0) is 0 Å². The van der Waals surface area contributed by atoms with E-state index in [9.17, 15) is 5.11 Å². The predicted molar refractivity (Wildman–Crippen MR) is 117 cm³/mol. The smallest absolute Gasteiger partial charge is 0.162 e. The summed E-state index contributed by atoms with van der Waals surface area (Å²) in [5, 5.41) is 12.5. The Kier molecular flexibility index (Phi) is 7.82. The molecule has 0 aliphatic rings. The van der Waals surface area contributed by atoms with Crippen LogP contribution >= 0.6 is 0 Å². The van der Waals surface area contributed by atoms with Crippen molar-refractivity contribution in [2.45, 2.75) is 12.1 Å². The van der Waals surface area contributed by atoms with E-state index in [0.717, 1.165) is 17.9 Å². The number of hydrogen-bond donors (Lipinski definition) is 3. The summed E-state index contributed by atoms with van der Waals surface area (Å²) < 4.78 is 5.77. The zero-order chi connectivity index (χ0) is 20.5. The molecule has 0 aliphatic heterocycles. The molecule has 29 heavy (non-hydrogen) atoms. The number of quaternary nitrogens is 2. The molecule has 3 rings (SSSR count). The highest BCUT2D eigenvalue weighted by atomic mass is 16.5. The number of aliphatic hydroxyl groups excluding tert-OH is 1. The van der Waals surface area contributed by atoms with Gasteiger partial charge in [-0.2, -0.15) is 0 Å². The van der Waals surface area contributed by atoms with Crippen molar-refractivity contribution >= 4 is 0 Å². The summed E-state index contributed by atoms with van der Waals surface area (Å²) in [6.45, 7) is 1.85. The number of nitrogens with one attached hydrogen (secondary N) is 1. The van der Waals surface area contributed by atoms with Gasteiger partial charge in [-0.1, -0.05) is 72.8 Å². The lowest BCUT2D eigenvalue weighted by molar-refractivity contribution is -0.909. The number of rotatable bonds is 10. The average Bonchev–Trinajstić information content (AvgIpc) is 2.76. The third kappa shape index (κ3) is 6.43. The quantitative estimate of drug-likeness (QED) is 0.490. The van der Waals surface area contributed by atoms with Crippen molar-refractivity contribution in [3.63, 3.8) is 0 Å². The van der Waals surface area contributed by atoms with Crippen LogP contribution in [0.4, 0.5) is 0 Å². The Balaban J connectivity index is 1.43. The van der Waals surface area contributed by atoms with Gasteiger partial charge in [-0.05, 0) is 23.3 Å². The summed E-state index contributed by atoms with van der Waals surface area (Å²) in [5.41, 5.74) is 3.67. The van der Waals surface area contributed by atoms with Crippen LogP contribution < -0.4 is 15.0 Å². The van der Waals surface area contributed by atoms with Crippen molar-refractivity contribution in [2.75, 3.05) is 33.8 Å². The van der Waals surface area contributed by atoms with Crippen LogP contribution in [0.15, 0.2) is 84.9 Å². The Morgan fingerprint density at radius 3 is 2.00 bits per heavy atom. The molecule has 3 aromatic carbocycles. The number of likely N-dealkylation sites (N-methyl/N-ethyl adjacent to an activating group) is 1. The van der Waals surface area contributed by atoms with Gasteiger partial charge >= 0.3 is 0 Å². The molecule has 0 radical (unpaired) electrons. The van der Waals surface area contributed by atoms with E-state index >= 15 is 0 Å². The standard InChI is InChI=1S/C25H30N2O2/c1-27(2)25(22-11-7-4-8-12-22)18-26-17-23(28)19-29-24-15-13-21(14-16-24)20-9-5-3-6-10-20/h3-16,23,25-26,28H,17-19H2,1-2H3/p+2/t23-,25+/m0/s1. The minimum absolute atomic E-state index is 0.298. The van der Waals surface area contributed by atoms with E-state index in [1.807, 2.05) is 48.5 Å². The average molecular weight is 393 g/mol. The third-order valence-electron chi connectivity index (χ3n) is 5.14. The molecule has 3 aromatic rings. The first-order valence-corrected chi connectivity index (χ1v) is 10.3. The second kappa shape index (κ2) is 10.8. The fourth-order valence-corrected chi connectivity index (χ4v) is 3.48. The van der Waals surface area contributed by atoms with Crippen molar-refractivity contribution < 1.29 is 20.1 Å². The first-order valence-electron chi connectivity index (χ1n) is 10.3. The highest BCUT2D eigenvalue weighted by Gasteiger charge is 2.20. The van der Waals surface area contributed by atoms with Crippen molar-refractivity contribution in [3.8, 4) is 16.9 Å². The van der Waals surface area contributed by atoms with Crippen molar-refractivity contribution in [1.29, 1.82) is 0 Å². The van der Waals surface area contributed by atoms with Crippen molar-refractivity contribution in [1.82, 2.24) is 0 Å². The molecule has 0 saturated heterocycles. The van der Waals surface area contributed by atoms with E-state index in [1.165, 1.54) is 16.0 Å². The van der Waals surface area contributed by atoms with Gasteiger partial charge in [0.25, 0.3) is 0 Å². The molecule has 0 unspecified atom stereocenters.